The summed E-state index contributed by atoms with van der Waals surface area (Å²) in [6.07, 6.45) is 3.75. The van der Waals surface area contributed by atoms with Crippen molar-refractivity contribution >= 4 is 49.6 Å². The van der Waals surface area contributed by atoms with Crippen molar-refractivity contribution in [2.45, 2.75) is 0 Å². The monoisotopic (exact) mass is 611 g/mol. The van der Waals surface area contributed by atoms with Gasteiger partial charge in [-0.1, -0.05) is 115 Å². The fourth-order valence-corrected chi connectivity index (χ4v) is 7.76. The molecule has 0 fully saturated rings. The van der Waals surface area contributed by atoms with E-state index in [0.29, 0.717) is 0 Å². The van der Waals surface area contributed by atoms with Crippen molar-refractivity contribution in [1.29, 1.82) is 0 Å². The van der Waals surface area contributed by atoms with Gasteiger partial charge in [0.1, 0.15) is 0 Å². The van der Waals surface area contributed by atoms with Crippen molar-refractivity contribution in [1.82, 2.24) is 9.55 Å². The Morgan fingerprint density at radius 2 is 1.06 bits per heavy atom. The van der Waals surface area contributed by atoms with Gasteiger partial charge in [-0.05, 0) is 81.7 Å². The second kappa shape index (κ2) is 10.5. The maximum absolute atomic E-state index is 4.35. The highest BCUT2D eigenvalue weighted by Gasteiger charge is 2.31. The van der Waals surface area contributed by atoms with Gasteiger partial charge in [-0.15, -0.1) is 0 Å². The standard InChI is InChI=1S/C45H29N3/c1-4-11-30(12-5-1)32-19-23-40-39(29-32)44-42(47(40)34-25-27-46-28-26-34)24-22-38-37-21-20-35(31-13-6-2-7-14-31)36-17-10-18-41(43(36)37)48(45(38)44)33-15-8-3-9-16-33/h1-29H. The molecule has 48 heavy (non-hydrogen) atoms. The zero-order valence-electron chi connectivity index (χ0n) is 26.1. The van der Waals surface area contributed by atoms with Crippen LogP contribution in [0.5, 0.6) is 0 Å². The molecule has 0 unspecified atom stereocenters. The third kappa shape index (κ3) is 3.91. The lowest BCUT2D eigenvalue weighted by molar-refractivity contribution is 1.15. The van der Waals surface area contributed by atoms with Gasteiger partial charge in [0, 0.05) is 45.5 Å². The van der Waals surface area contributed by atoms with Crippen LogP contribution in [0.25, 0.3) is 71.6 Å². The molecule has 0 N–H and O–H groups in total. The number of aromatic nitrogens is 2. The van der Waals surface area contributed by atoms with Crippen LogP contribution in [-0.2, 0) is 0 Å². The minimum absolute atomic E-state index is 1.09. The first-order valence-corrected chi connectivity index (χ1v) is 16.4. The lowest BCUT2D eigenvalue weighted by Gasteiger charge is -2.34. The number of benzene rings is 7. The topological polar surface area (TPSA) is 21.1 Å². The maximum Gasteiger partial charge on any atom is 0.0640 e. The summed E-state index contributed by atoms with van der Waals surface area (Å²) in [6, 6.07) is 59.4. The molecule has 0 aliphatic carbocycles. The molecule has 0 saturated heterocycles. The Kier molecular flexibility index (Phi) is 5.87. The molecule has 1 aliphatic heterocycles. The summed E-state index contributed by atoms with van der Waals surface area (Å²) < 4.78 is 2.39. The van der Waals surface area contributed by atoms with E-state index in [1.54, 1.807) is 0 Å². The second-order valence-corrected chi connectivity index (χ2v) is 12.4. The van der Waals surface area contributed by atoms with Gasteiger partial charge >= 0.3 is 0 Å². The van der Waals surface area contributed by atoms with E-state index >= 15 is 0 Å². The molecule has 3 heterocycles. The van der Waals surface area contributed by atoms with Crippen molar-refractivity contribution in [3.63, 3.8) is 0 Å². The average molecular weight is 612 g/mol. The minimum Gasteiger partial charge on any atom is -0.309 e. The van der Waals surface area contributed by atoms with Crippen LogP contribution in [-0.4, -0.2) is 9.55 Å². The first-order chi connectivity index (χ1) is 23.8. The first kappa shape index (κ1) is 26.7. The highest BCUT2D eigenvalue weighted by molar-refractivity contribution is 6.26. The van der Waals surface area contributed by atoms with Gasteiger partial charge in [-0.25, -0.2) is 0 Å². The van der Waals surface area contributed by atoms with Crippen molar-refractivity contribution in [2.75, 3.05) is 4.90 Å². The summed E-state index contributed by atoms with van der Waals surface area (Å²) in [5, 5.41) is 4.99. The van der Waals surface area contributed by atoms with E-state index in [9.17, 15) is 0 Å². The van der Waals surface area contributed by atoms with E-state index in [0.717, 1.165) is 16.9 Å². The number of hydrogen-bond acceptors (Lipinski definition) is 2. The van der Waals surface area contributed by atoms with Gasteiger partial charge in [-0.2, -0.15) is 0 Å². The van der Waals surface area contributed by atoms with Crippen LogP contribution in [0.3, 0.4) is 0 Å². The third-order valence-corrected chi connectivity index (χ3v) is 9.80. The summed E-state index contributed by atoms with van der Waals surface area (Å²) in [6.45, 7) is 0. The number of anilines is 3. The Hall–Kier alpha value is -6.45. The van der Waals surface area contributed by atoms with Crippen molar-refractivity contribution in [2.24, 2.45) is 0 Å². The zero-order valence-corrected chi connectivity index (χ0v) is 26.1. The Balaban J connectivity index is 1.37. The van der Waals surface area contributed by atoms with Crippen LogP contribution >= 0.6 is 0 Å². The SMILES string of the molecule is c1ccc(-c2ccc3c(c2)c2c4c(ccc2n3-c2ccncc2)-c2ccc(-c3ccccc3)c3cccc(c23)N4c2ccccc2)cc1. The van der Waals surface area contributed by atoms with Crippen molar-refractivity contribution in [3.05, 3.63) is 176 Å². The molecule has 0 spiro atoms. The summed E-state index contributed by atoms with van der Waals surface area (Å²) in [5.74, 6) is 0. The average Bonchev–Trinajstić information content (AvgIpc) is 3.50. The Morgan fingerprint density at radius 3 is 1.83 bits per heavy atom. The zero-order chi connectivity index (χ0) is 31.6. The number of rotatable bonds is 4. The van der Waals surface area contributed by atoms with Gasteiger partial charge in [0.15, 0.2) is 0 Å². The molecular weight excluding hydrogens is 583 g/mol. The first-order valence-electron chi connectivity index (χ1n) is 16.4. The lowest BCUT2D eigenvalue weighted by Crippen LogP contribution is -2.15. The van der Waals surface area contributed by atoms with E-state index in [1.165, 1.54) is 71.8 Å². The Bertz CT molecular complexity index is 2640. The molecule has 0 amide bonds. The molecule has 0 saturated carbocycles. The number of pyridine rings is 1. The van der Waals surface area contributed by atoms with Gasteiger partial charge < -0.3 is 9.47 Å². The molecule has 0 atom stereocenters. The van der Waals surface area contributed by atoms with Gasteiger partial charge in [0.25, 0.3) is 0 Å². The molecule has 1 aliphatic rings. The highest BCUT2D eigenvalue weighted by Crippen LogP contribution is 2.56. The molecule has 3 heteroatoms. The predicted octanol–water partition coefficient (Wildman–Crippen LogP) is 12.1. The summed E-state index contributed by atoms with van der Waals surface area (Å²) >= 11 is 0. The normalized spacial score (nSPS) is 12.1. The van der Waals surface area contributed by atoms with Crippen LogP contribution in [0.15, 0.2) is 176 Å². The van der Waals surface area contributed by atoms with Crippen LogP contribution in [0.2, 0.25) is 0 Å². The van der Waals surface area contributed by atoms with Gasteiger partial charge in [0.05, 0.1) is 22.4 Å². The highest BCUT2D eigenvalue weighted by atomic mass is 15.2. The molecule has 7 aromatic carbocycles. The third-order valence-electron chi connectivity index (χ3n) is 9.80. The van der Waals surface area contributed by atoms with Crippen molar-refractivity contribution < 1.29 is 0 Å². The van der Waals surface area contributed by atoms with E-state index < -0.39 is 0 Å². The van der Waals surface area contributed by atoms with Crippen LogP contribution in [0.1, 0.15) is 0 Å². The second-order valence-electron chi connectivity index (χ2n) is 12.4. The van der Waals surface area contributed by atoms with E-state index in [1.807, 2.05) is 12.4 Å². The minimum atomic E-state index is 1.09. The number of para-hydroxylation sites is 1. The lowest BCUT2D eigenvalue weighted by atomic mass is 9.86. The smallest absolute Gasteiger partial charge is 0.0640 e. The summed E-state index contributed by atoms with van der Waals surface area (Å²) in [7, 11) is 0. The fourth-order valence-electron chi connectivity index (χ4n) is 7.76. The van der Waals surface area contributed by atoms with E-state index in [4.69, 9.17) is 0 Å². The van der Waals surface area contributed by atoms with Crippen molar-refractivity contribution in [3.8, 4) is 39.1 Å². The fraction of sp³-hybridized carbons (Fsp3) is 0. The molecule has 2 aromatic heterocycles. The summed E-state index contributed by atoms with van der Waals surface area (Å²) in [4.78, 5) is 6.84. The molecule has 0 radical (unpaired) electrons. The van der Waals surface area contributed by atoms with Crippen LogP contribution in [0.4, 0.5) is 17.1 Å². The largest absolute Gasteiger partial charge is 0.309 e. The Morgan fingerprint density at radius 1 is 0.396 bits per heavy atom. The molecule has 3 nitrogen and oxygen atoms in total. The molecule has 9 aromatic rings. The molecule has 10 rings (SSSR count). The molecular formula is C45H29N3. The predicted molar refractivity (Wildman–Crippen MR) is 201 cm³/mol. The molecule has 0 bridgehead atoms. The number of hydrogen-bond donors (Lipinski definition) is 0. The van der Waals surface area contributed by atoms with E-state index in [2.05, 4.69) is 178 Å². The van der Waals surface area contributed by atoms with E-state index in [-0.39, 0.29) is 0 Å². The number of fused-ring (bicyclic) bond motifs is 6. The van der Waals surface area contributed by atoms with Crippen LogP contribution < -0.4 is 4.90 Å². The Labute approximate surface area is 278 Å². The van der Waals surface area contributed by atoms with Gasteiger partial charge in [-0.3, -0.25) is 4.98 Å². The maximum atomic E-state index is 4.35. The quantitative estimate of drug-likeness (QED) is 0.197. The summed E-state index contributed by atoms with van der Waals surface area (Å²) in [5.41, 5.74) is 14.3. The van der Waals surface area contributed by atoms with Gasteiger partial charge in [0.2, 0.25) is 0 Å². The molecule has 224 valence electrons. The number of nitrogens with zero attached hydrogens (tertiary/aromatic N) is 3. The van der Waals surface area contributed by atoms with Crippen LogP contribution in [0, 0.1) is 0 Å².